The van der Waals surface area contributed by atoms with Crippen molar-refractivity contribution >= 4 is 11.9 Å². The molecule has 1 amide bonds. The molecule has 0 aliphatic heterocycles. The number of carbonyl (C=O) groups is 2. The van der Waals surface area contributed by atoms with Crippen LogP contribution in [0.3, 0.4) is 0 Å². The van der Waals surface area contributed by atoms with E-state index in [0.29, 0.717) is 0 Å². The molecule has 2 N–H and O–H groups in total. The molecular weight excluding hydrogens is 239 g/mol. The zero-order chi connectivity index (χ0) is 13.9. The van der Waals surface area contributed by atoms with Gasteiger partial charge in [-0.2, -0.15) is 0 Å². The van der Waals surface area contributed by atoms with Crippen molar-refractivity contribution in [3.05, 3.63) is 29.8 Å². The summed E-state index contributed by atoms with van der Waals surface area (Å²) in [6.07, 6.45) is 2.17. The minimum atomic E-state index is -1.16. The Labute approximate surface area is 104 Å². The number of hydrogen-bond donors (Lipinski definition) is 2. The fourth-order valence-corrected chi connectivity index (χ4v) is 1.42. The molecule has 0 aromatic carbocycles. The molecule has 0 fully saturated rings. The van der Waals surface area contributed by atoms with Crippen molar-refractivity contribution in [3.63, 3.8) is 0 Å². The van der Waals surface area contributed by atoms with Gasteiger partial charge in [0.2, 0.25) is 0 Å². The van der Waals surface area contributed by atoms with Crippen molar-refractivity contribution in [2.45, 2.75) is 26.8 Å². The van der Waals surface area contributed by atoms with Crippen LogP contribution in [0.25, 0.3) is 0 Å². The topological polar surface area (TPSA) is 79.3 Å². The molecule has 1 heterocycles. The van der Waals surface area contributed by atoms with Crippen LogP contribution in [0, 0.1) is 11.2 Å². The molecule has 0 bridgehead atoms. The second kappa shape index (κ2) is 5.12. The minimum Gasteiger partial charge on any atom is -0.480 e. The highest BCUT2D eigenvalue weighted by atomic mass is 19.1. The van der Waals surface area contributed by atoms with E-state index < -0.39 is 29.2 Å². The average Bonchev–Trinajstić information content (AvgIpc) is 2.24. The van der Waals surface area contributed by atoms with Crippen LogP contribution in [0.5, 0.6) is 0 Å². The summed E-state index contributed by atoms with van der Waals surface area (Å²) in [6, 6.07) is 0.101. The molecule has 0 saturated heterocycles. The molecular formula is C12H15FN2O3. The number of nitrogens with one attached hydrogen (secondary N) is 1. The van der Waals surface area contributed by atoms with Crippen molar-refractivity contribution in [2.24, 2.45) is 5.41 Å². The Morgan fingerprint density at radius 1 is 1.44 bits per heavy atom. The Kier molecular flexibility index (Phi) is 4.00. The van der Waals surface area contributed by atoms with Gasteiger partial charge in [0.05, 0.1) is 11.8 Å². The first kappa shape index (κ1) is 14.1. The SMILES string of the molecule is CC(C)(C)[C@@H](NC(=O)c1ccncc1F)C(=O)O. The Balaban J connectivity index is 2.93. The summed E-state index contributed by atoms with van der Waals surface area (Å²) in [4.78, 5) is 26.4. The van der Waals surface area contributed by atoms with E-state index in [2.05, 4.69) is 10.3 Å². The van der Waals surface area contributed by atoms with Crippen LogP contribution in [0.2, 0.25) is 0 Å². The van der Waals surface area contributed by atoms with Crippen LogP contribution in [0.1, 0.15) is 31.1 Å². The lowest BCUT2D eigenvalue weighted by Gasteiger charge is -2.27. The van der Waals surface area contributed by atoms with Gasteiger partial charge in [0.25, 0.3) is 5.91 Å². The normalized spacial score (nSPS) is 12.9. The van der Waals surface area contributed by atoms with Crippen molar-refractivity contribution in [2.75, 3.05) is 0 Å². The van der Waals surface area contributed by atoms with Gasteiger partial charge in [-0.3, -0.25) is 9.78 Å². The number of pyridine rings is 1. The average molecular weight is 254 g/mol. The van der Waals surface area contributed by atoms with Crippen LogP contribution >= 0.6 is 0 Å². The zero-order valence-corrected chi connectivity index (χ0v) is 10.4. The maximum atomic E-state index is 13.3. The fourth-order valence-electron chi connectivity index (χ4n) is 1.42. The standard InChI is InChI=1S/C12H15FN2O3/c1-12(2,3)9(11(17)18)15-10(16)7-4-5-14-6-8(7)13/h4-6,9H,1-3H3,(H,15,16)(H,17,18)/t9-/m0/s1. The van der Waals surface area contributed by atoms with E-state index in [9.17, 15) is 14.0 Å². The fraction of sp³-hybridized carbons (Fsp3) is 0.417. The molecule has 1 atom stereocenters. The lowest BCUT2D eigenvalue weighted by molar-refractivity contribution is -0.142. The summed E-state index contributed by atoms with van der Waals surface area (Å²) in [6.45, 7) is 5.03. The van der Waals surface area contributed by atoms with Crippen molar-refractivity contribution in [3.8, 4) is 0 Å². The molecule has 0 unspecified atom stereocenters. The van der Waals surface area contributed by atoms with Crippen molar-refractivity contribution in [1.29, 1.82) is 0 Å². The third-order valence-corrected chi connectivity index (χ3v) is 2.41. The maximum Gasteiger partial charge on any atom is 0.326 e. The summed E-state index contributed by atoms with van der Waals surface area (Å²) in [5.41, 5.74) is -0.897. The van der Waals surface area contributed by atoms with E-state index in [1.807, 2.05) is 0 Å². The molecule has 1 rings (SSSR count). The number of carbonyl (C=O) groups excluding carboxylic acids is 1. The molecule has 1 aromatic rings. The lowest BCUT2D eigenvalue weighted by atomic mass is 9.86. The van der Waals surface area contributed by atoms with Crippen LogP contribution in [0.4, 0.5) is 4.39 Å². The van der Waals surface area contributed by atoms with Gasteiger partial charge in [0, 0.05) is 6.20 Å². The monoisotopic (exact) mass is 254 g/mol. The highest BCUT2D eigenvalue weighted by Crippen LogP contribution is 2.20. The number of carboxylic acid groups (broad SMARTS) is 1. The first-order valence-electron chi connectivity index (χ1n) is 5.36. The Morgan fingerprint density at radius 2 is 2.06 bits per heavy atom. The van der Waals surface area contributed by atoms with E-state index in [-0.39, 0.29) is 5.56 Å². The summed E-state index contributed by atoms with van der Waals surface area (Å²) in [7, 11) is 0. The van der Waals surface area contributed by atoms with Gasteiger partial charge < -0.3 is 10.4 Å². The molecule has 1 aromatic heterocycles. The van der Waals surface area contributed by atoms with Gasteiger partial charge in [-0.15, -0.1) is 0 Å². The smallest absolute Gasteiger partial charge is 0.326 e. The van der Waals surface area contributed by atoms with Gasteiger partial charge in [0.1, 0.15) is 6.04 Å². The van der Waals surface area contributed by atoms with Gasteiger partial charge in [-0.25, -0.2) is 9.18 Å². The first-order valence-corrected chi connectivity index (χ1v) is 5.36. The van der Waals surface area contributed by atoms with Crippen LogP contribution in [-0.4, -0.2) is 28.0 Å². The summed E-state index contributed by atoms with van der Waals surface area (Å²) in [5, 5.41) is 11.4. The molecule has 98 valence electrons. The Bertz CT molecular complexity index is 469. The molecule has 0 radical (unpaired) electrons. The molecule has 5 nitrogen and oxygen atoms in total. The number of hydrogen-bond acceptors (Lipinski definition) is 3. The third kappa shape index (κ3) is 3.26. The third-order valence-electron chi connectivity index (χ3n) is 2.41. The molecule has 6 heteroatoms. The van der Waals surface area contributed by atoms with Crippen LogP contribution in [-0.2, 0) is 4.79 Å². The van der Waals surface area contributed by atoms with Crippen molar-refractivity contribution in [1.82, 2.24) is 10.3 Å². The van der Waals surface area contributed by atoms with E-state index in [4.69, 9.17) is 5.11 Å². The maximum absolute atomic E-state index is 13.3. The molecule has 18 heavy (non-hydrogen) atoms. The van der Waals surface area contributed by atoms with E-state index in [0.717, 1.165) is 6.20 Å². The molecule has 0 aliphatic rings. The number of nitrogens with zero attached hydrogens (tertiary/aromatic N) is 1. The largest absolute Gasteiger partial charge is 0.480 e. The second-order valence-electron chi connectivity index (χ2n) is 4.97. The van der Waals surface area contributed by atoms with Gasteiger partial charge in [0.15, 0.2) is 5.82 Å². The Morgan fingerprint density at radius 3 is 2.50 bits per heavy atom. The second-order valence-corrected chi connectivity index (χ2v) is 4.97. The van der Waals surface area contributed by atoms with Crippen molar-refractivity contribution < 1.29 is 19.1 Å². The lowest BCUT2D eigenvalue weighted by Crippen LogP contribution is -2.49. The molecule has 0 spiro atoms. The first-order chi connectivity index (χ1) is 8.23. The van der Waals surface area contributed by atoms with Gasteiger partial charge in [-0.1, -0.05) is 20.8 Å². The minimum absolute atomic E-state index is 0.222. The van der Waals surface area contributed by atoms with Crippen LogP contribution in [0.15, 0.2) is 18.5 Å². The zero-order valence-electron chi connectivity index (χ0n) is 10.4. The summed E-state index contributed by atoms with van der Waals surface area (Å²) in [5.74, 6) is -2.71. The number of aromatic nitrogens is 1. The number of halogens is 1. The van der Waals surface area contributed by atoms with Gasteiger partial charge >= 0.3 is 5.97 Å². The van der Waals surface area contributed by atoms with E-state index in [1.165, 1.54) is 12.3 Å². The van der Waals surface area contributed by atoms with Gasteiger partial charge in [-0.05, 0) is 11.5 Å². The quantitative estimate of drug-likeness (QED) is 0.855. The van der Waals surface area contributed by atoms with E-state index >= 15 is 0 Å². The summed E-state index contributed by atoms with van der Waals surface area (Å²) >= 11 is 0. The number of amides is 1. The number of rotatable bonds is 3. The summed E-state index contributed by atoms with van der Waals surface area (Å²) < 4.78 is 13.3. The predicted octanol–water partition coefficient (Wildman–Crippen LogP) is 1.45. The molecule has 0 aliphatic carbocycles. The number of aliphatic carboxylic acids is 1. The highest BCUT2D eigenvalue weighted by molar-refractivity contribution is 5.96. The predicted molar refractivity (Wildman–Crippen MR) is 62.5 cm³/mol. The van der Waals surface area contributed by atoms with E-state index in [1.54, 1.807) is 20.8 Å². The number of carboxylic acids is 1. The highest BCUT2D eigenvalue weighted by Gasteiger charge is 2.33. The van der Waals surface area contributed by atoms with Crippen LogP contribution < -0.4 is 5.32 Å². The Hall–Kier alpha value is -1.98. The molecule has 0 saturated carbocycles.